The number of anilines is 1. The van der Waals surface area contributed by atoms with Crippen LogP contribution >= 0.6 is 0 Å². The molecule has 136 valence electrons. The molecule has 1 fully saturated rings. The summed E-state index contributed by atoms with van der Waals surface area (Å²) in [6, 6.07) is 4.01. The molecular weight excluding hydrogens is 320 g/mol. The second-order valence-electron chi connectivity index (χ2n) is 7.14. The Labute approximate surface area is 147 Å². The fourth-order valence-electron chi connectivity index (χ4n) is 3.47. The number of aliphatic hydroxyl groups is 1. The number of pyridine rings is 1. The van der Waals surface area contributed by atoms with E-state index in [4.69, 9.17) is 0 Å². The molecule has 3 N–H and O–H groups in total. The maximum absolute atomic E-state index is 12.0. The number of β-amino-alcohol motifs (C(OH)–C–C–N with tert-alkyl or cyclic N) is 1. The minimum absolute atomic E-state index is 0.0606. The number of carbonyl (C=O) groups is 2. The molecule has 3 heterocycles. The van der Waals surface area contributed by atoms with Gasteiger partial charge in [0.15, 0.2) is 0 Å². The van der Waals surface area contributed by atoms with E-state index in [1.807, 2.05) is 0 Å². The van der Waals surface area contributed by atoms with E-state index in [0.29, 0.717) is 6.54 Å². The summed E-state index contributed by atoms with van der Waals surface area (Å²) in [6.07, 6.45) is 3.96. The molecule has 0 bridgehead atoms. The van der Waals surface area contributed by atoms with E-state index >= 15 is 0 Å². The number of hydrogen-bond acceptors (Lipinski definition) is 5. The number of hydrogen-bond donors (Lipinski definition) is 3. The number of nitrogens with one attached hydrogen (secondary N) is 2. The van der Waals surface area contributed by atoms with Gasteiger partial charge in [-0.2, -0.15) is 0 Å². The van der Waals surface area contributed by atoms with E-state index in [-0.39, 0.29) is 31.3 Å². The molecule has 0 unspecified atom stereocenters. The van der Waals surface area contributed by atoms with E-state index in [1.165, 1.54) is 17.4 Å². The lowest BCUT2D eigenvalue weighted by Crippen LogP contribution is -2.65. The molecule has 7 nitrogen and oxygen atoms in total. The number of ketones is 1. The van der Waals surface area contributed by atoms with Crippen LogP contribution in [0.15, 0.2) is 12.1 Å². The highest BCUT2D eigenvalue weighted by Gasteiger charge is 2.44. The second kappa shape index (κ2) is 7.39. The molecule has 0 saturated carbocycles. The van der Waals surface area contributed by atoms with E-state index < -0.39 is 5.60 Å². The van der Waals surface area contributed by atoms with Crippen molar-refractivity contribution in [2.75, 3.05) is 31.5 Å². The number of Topliss-reactive ketones (excluding diaryl/α,β-unsaturated/α-hetero) is 1. The quantitative estimate of drug-likeness (QED) is 0.671. The number of fused-ring (bicyclic) bond motifs is 1. The molecule has 1 saturated heterocycles. The van der Waals surface area contributed by atoms with Crippen molar-refractivity contribution in [2.24, 2.45) is 0 Å². The number of aryl methyl sites for hydroxylation is 2. The summed E-state index contributed by atoms with van der Waals surface area (Å²) in [5.41, 5.74) is 1.27. The number of aromatic nitrogens is 1. The Balaban J connectivity index is 1.36. The van der Waals surface area contributed by atoms with Gasteiger partial charge in [-0.1, -0.05) is 6.07 Å². The number of carbonyl (C=O) groups excluding carboxylic acids is 2. The number of nitrogens with zero attached hydrogens (tertiary/aromatic N) is 2. The summed E-state index contributed by atoms with van der Waals surface area (Å²) >= 11 is 0. The minimum Gasteiger partial charge on any atom is -0.386 e. The van der Waals surface area contributed by atoms with E-state index in [0.717, 1.165) is 43.7 Å². The molecule has 0 atom stereocenters. The topological polar surface area (TPSA) is 94.6 Å². The normalized spacial score (nSPS) is 17.9. The Hall–Kier alpha value is -2.15. The van der Waals surface area contributed by atoms with Gasteiger partial charge in [0.05, 0.1) is 13.1 Å². The van der Waals surface area contributed by atoms with E-state index in [2.05, 4.69) is 27.8 Å². The van der Waals surface area contributed by atoms with Crippen molar-refractivity contribution in [2.45, 2.75) is 44.6 Å². The van der Waals surface area contributed by atoms with Gasteiger partial charge in [-0.05, 0) is 44.2 Å². The highest BCUT2D eigenvalue weighted by Crippen LogP contribution is 2.24. The fourth-order valence-corrected chi connectivity index (χ4v) is 3.47. The maximum Gasteiger partial charge on any atom is 0.317 e. The zero-order chi connectivity index (χ0) is 17.9. The lowest BCUT2D eigenvalue weighted by molar-refractivity contribution is -0.130. The van der Waals surface area contributed by atoms with Crippen molar-refractivity contribution in [3.63, 3.8) is 0 Å². The van der Waals surface area contributed by atoms with Crippen LogP contribution in [-0.4, -0.2) is 58.6 Å². The average Bonchev–Trinajstić information content (AvgIpc) is 2.55. The van der Waals surface area contributed by atoms with Gasteiger partial charge in [0, 0.05) is 25.2 Å². The van der Waals surface area contributed by atoms with Crippen molar-refractivity contribution in [1.29, 1.82) is 0 Å². The van der Waals surface area contributed by atoms with Crippen LogP contribution in [-0.2, 0) is 17.6 Å². The molecule has 7 heteroatoms. The van der Waals surface area contributed by atoms with Crippen molar-refractivity contribution in [1.82, 2.24) is 15.2 Å². The summed E-state index contributed by atoms with van der Waals surface area (Å²) in [7, 11) is 0. The highest BCUT2D eigenvalue weighted by atomic mass is 16.3. The Bertz CT molecular complexity index is 656. The van der Waals surface area contributed by atoms with Gasteiger partial charge in [-0.3, -0.25) is 4.79 Å². The molecule has 2 aliphatic heterocycles. The number of urea groups is 1. The molecule has 0 aromatic carbocycles. The third-order valence-electron chi connectivity index (χ3n) is 4.67. The minimum atomic E-state index is -1.04. The molecule has 25 heavy (non-hydrogen) atoms. The predicted molar refractivity (Wildman–Crippen MR) is 94.6 cm³/mol. The third-order valence-corrected chi connectivity index (χ3v) is 4.67. The maximum atomic E-state index is 12.0. The Morgan fingerprint density at radius 2 is 2.20 bits per heavy atom. The lowest BCUT2D eigenvalue weighted by atomic mass is 9.89. The van der Waals surface area contributed by atoms with Gasteiger partial charge in [0.2, 0.25) is 0 Å². The first-order valence-electron chi connectivity index (χ1n) is 8.92. The summed E-state index contributed by atoms with van der Waals surface area (Å²) in [5.74, 6) is 0.938. The average molecular weight is 346 g/mol. The number of likely N-dealkylation sites (tertiary alicyclic amines) is 1. The molecular formula is C18H26N4O3. The molecule has 0 spiro atoms. The molecule has 2 aliphatic rings. The van der Waals surface area contributed by atoms with Crippen molar-refractivity contribution in [3.05, 3.63) is 23.4 Å². The van der Waals surface area contributed by atoms with Crippen LogP contribution in [0.1, 0.15) is 37.4 Å². The van der Waals surface area contributed by atoms with Gasteiger partial charge in [-0.15, -0.1) is 0 Å². The predicted octanol–water partition coefficient (Wildman–Crippen LogP) is 1.11. The molecule has 3 rings (SSSR count). The second-order valence-corrected chi connectivity index (χ2v) is 7.14. The van der Waals surface area contributed by atoms with Crippen molar-refractivity contribution < 1.29 is 14.7 Å². The largest absolute Gasteiger partial charge is 0.386 e. The van der Waals surface area contributed by atoms with Gasteiger partial charge in [0.25, 0.3) is 0 Å². The molecule has 1 aromatic heterocycles. The number of amides is 2. The zero-order valence-electron chi connectivity index (χ0n) is 14.7. The Morgan fingerprint density at radius 3 is 2.96 bits per heavy atom. The van der Waals surface area contributed by atoms with Crippen LogP contribution in [0.25, 0.3) is 0 Å². The van der Waals surface area contributed by atoms with Gasteiger partial charge >= 0.3 is 6.03 Å². The van der Waals surface area contributed by atoms with Crippen LogP contribution in [0.5, 0.6) is 0 Å². The standard InChI is InChI=1S/C18H26N4O3/c1-13(23)10-18(25)11-22(12-18)17(24)20-9-3-5-15-7-6-14-4-2-8-19-16(14)21-15/h6-7,25H,2-5,8-12H2,1H3,(H,19,21)(H,20,24). The van der Waals surface area contributed by atoms with Crippen LogP contribution in [0.2, 0.25) is 0 Å². The van der Waals surface area contributed by atoms with Crippen molar-refractivity contribution in [3.8, 4) is 0 Å². The SMILES string of the molecule is CC(=O)CC1(O)CN(C(=O)NCCCc2ccc3c(n2)NCCC3)C1. The Morgan fingerprint density at radius 1 is 1.40 bits per heavy atom. The van der Waals surface area contributed by atoms with Crippen LogP contribution in [0.3, 0.4) is 0 Å². The van der Waals surface area contributed by atoms with Crippen molar-refractivity contribution >= 4 is 17.6 Å². The monoisotopic (exact) mass is 346 g/mol. The molecule has 2 amide bonds. The highest BCUT2D eigenvalue weighted by molar-refractivity contribution is 5.79. The van der Waals surface area contributed by atoms with E-state index in [1.54, 1.807) is 0 Å². The first kappa shape index (κ1) is 17.7. The first-order valence-corrected chi connectivity index (χ1v) is 8.92. The molecule has 0 aliphatic carbocycles. The van der Waals surface area contributed by atoms with Gasteiger partial charge in [0.1, 0.15) is 17.2 Å². The number of rotatable bonds is 6. The van der Waals surface area contributed by atoms with Crippen LogP contribution in [0.4, 0.5) is 10.6 Å². The Kier molecular flexibility index (Phi) is 5.22. The molecule has 0 radical (unpaired) electrons. The summed E-state index contributed by atoms with van der Waals surface area (Å²) < 4.78 is 0. The van der Waals surface area contributed by atoms with E-state index in [9.17, 15) is 14.7 Å². The lowest BCUT2D eigenvalue weighted by Gasteiger charge is -2.45. The van der Waals surface area contributed by atoms with Gasteiger partial charge < -0.3 is 20.6 Å². The zero-order valence-corrected chi connectivity index (χ0v) is 14.7. The third kappa shape index (κ3) is 4.48. The van der Waals surface area contributed by atoms with Crippen LogP contribution < -0.4 is 10.6 Å². The molecule has 1 aromatic rings. The smallest absolute Gasteiger partial charge is 0.317 e. The summed E-state index contributed by atoms with van der Waals surface area (Å²) in [4.78, 5) is 29.2. The fraction of sp³-hybridized carbons (Fsp3) is 0.611. The van der Waals surface area contributed by atoms with Gasteiger partial charge in [-0.25, -0.2) is 9.78 Å². The first-order chi connectivity index (χ1) is 12.0. The van der Waals surface area contributed by atoms with Crippen LogP contribution in [0, 0.1) is 0 Å². The summed E-state index contributed by atoms with van der Waals surface area (Å²) in [6.45, 7) is 3.43. The summed E-state index contributed by atoms with van der Waals surface area (Å²) in [5, 5.41) is 16.2.